The van der Waals surface area contributed by atoms with Gasteiger partial charge in [-0.3, -0.25) is 0 Å². The molecule has 3 heteroatoms. The van der Waals surface area contributed by atoms with Crippen molar-refractivity contribution < 1.29 is 5.11 Å². The van der Waals surface area contributed by atoms with Gasteiger partial charge in [0.1, 0.15) is 0 Å². The van der Waals surface area contributed by atoms with Crippen molar-refractivity contribution in [2.24, 2.45) is 0 Å². The fourth-order valence-electron chi connectivity index (χ4n) is 1.99. The smallest absolute Gasteiger partial charge is 0.0555 e. The van der Waals surface area contributed by atoms with E-state index in [9.17, 15) is 0 Å². The van der Waals surface area contributed by atoms with Gasteiger partial charge in [-0.25, -0.2) is 0 Å². The molecule has 13 heavy (non-hydrogen) atoms. The molecule has 78 valence electrons. The van der Waals surface area contributed by atoms with Gasteiger partial charge >= 0.3 is 0 Å². The van der Waals surface area contributed by atoms with Gasteiger partial charge in [0, 0.05) is 25.7 Å². The van der Waals surface area contributed by atoms with E-state index >= 15 is 0 Å². The molecule has 1 aliphatic carbocycles. The van der Waals surface area contributed by atoms with Crippen LogP contribution in [0.25, 0.3) is 0 Å². The molecule has 0 heterocycles. The molecule has 3 nitrogen and oxygen atoms in total. The molecule has 2 N–H and O–H groups in total. The quantitative estimate of drug-likeness (QED) is 0.591. The van der Waals surface area contributed by atoms with Crippen LogP contribution in [0, 0.1) is 0 Å². The van der Waals surface area contributed by atoms with Crippen LogP contribution in [0.4, 0.5) is 0 Å². The first-order chi connectivity index (χ1) is 6.34. The Balaban J connectivity index is 1.99. The molecular formula is C10H22N2O. The summed E-state index contributed by atoms with van der Waals surface area (Å²) in [6, 6.07) is 0.816. The van der Waals surface area contributed by atoms with E-state index in [2.05, 4.69) is 17.3 Å². The molecule has 1 rings (SSSR count). The lowest BCUT2D eigenvalue weighted by molar-refractivity contribution is 0.239. The van der Waals surface area contributed by atoms with E-state index in [1.54, 1.807) is 0 Å². The zero-order chi connectivity index (χ0) is 9.52. The Labute approximate surface area is 81.1 Å². The molecule has 0 aromatic rings. The maximum atomic E-state index is 8.57. The summed E-state index contributed by atoms with van der Waals surface area (Å²) in [7, 11) is 2.20. The van der Waals surface area contributed by atoms with Crippen molar-refractivity contribution in [1.29, 1.82) is 0 Å². The van der Waals surface area contributed by atoms with Gasteiger partial charge in [0.05, 0.1) is 6.61 Å². The number of hydrogen-bond donors (Lipinski definition) is 2. The molecule has 0 aliphatic heterocycles. The molecule has 0 radical (unpaired) electrons. The van der Waals surface area contributed by atoms with Gasteiger partial charge < -0.3 is 15.3 Å². The number of nitrogens with one attached hydrogen (secondary N) is 1. The zero-order valence-electron chi connectivity index (χ0n) is 8.63. The summed E-state index contributed by atoms with van der Waals surface area (Å²) in [5, 5.41) is 11.8. The van der Waals surface area contributed by atoms with Crippen molar-refractivity contribution in [1.82, 2.24) is 10.2 Å². The third kappa shape index (κ3) is 4.07. The van der Waals surface area contributed by atoms with E-state index in [-0.39, 0.29) is 6.61 Å². The highest BCUT2D eigenvalue weighted by Gasteiger charge is 2.18. The molecule has 1 aliphatic rings. The number of rotatable bonds is 6. The second kappa shape index (κ2) is 6.35. The zero-order valence-corrected chi connectivity index (χ0v) is 8.63. The minimum absolute atomic E-state index is 0.243. The Morgan fingerprint density at radius 3 is 2.62 bits per heavy atom. The molecule has 1 saturated carbocycles. The van der Waals surface area contributed by atoms with Crippen LogP contribution in [-0.2, 0) is 0 Å². The summed E-state index contributed by atoms with van der Waals surface area (Å²) in [5.74, 6) is 0. The predicted molar refractivity (Wildman–Crippen MR) is 54.8 cm³/mol. The monoisotopic (exact) mass is 186 g/mol. The molecule has 0 aromatic carbocycles. The number of likely N-dealkylation sites (N-methyl/N-ethyl adjacent to an activating group) is 1. The first-order valence-electron chi connectivity index (χ1n) is 5.36. The maximum absolute atomic E-state index is 8.57. The van der Waals surface area contributed by atoms with Gasteiger partial charge in [-0.15, -0.1) is 0 Å². The van der Waals surface area contributed by atoms with Crippen LogP contribution in [0.2, 0.25) is 0 Å². The van der Waals surface area contributed by atoms with Crippen molar-refractivity contribution in [2.75, 3.05) is 33.3 Å². The number of aliphatic hydroxyl groups excluding tert-OH is 1. The minimum Gasteiger partial charge on any atom is -0.395 e. The highest BCUT2D eigenvalue weighted by molar-refractivity contribution is 4.75. The largest absolute Gasteiger partial charge is 0.395 e. The van der Waals surface area contributed by atoms with Crippen LogP contribution in [-0.4, -0.2) is 49.3 Å². The molecule has 0 atom stereocenters. The molecule has 0 spiro atoms. The lowest BCUT2D eigenvalue weighted by atomic mass is 10.2. The van der Waals surface area contributed by atoms with Crippen LogP contribution in [0.3, 0.4) is 0 Å². The van der Waals surface area contributed by atoms with E-state index < -0.39 is 0 Å². The summed E-state index contributed by atoms with van der Waals surface area (Å²) in [6.07, 6.45) is 5.55. The normalized spacial score (nSPS) is 18.7. The summed E-state index contributed by atoms with van der Waals surface area (Å²) in [6.45, 7) is 3.06. The average Bonchev–Trinajstić information content (AvgIpc) is 2.65. The van der Waals surface area contributed by atoms with Gasteiger partial charge in [-0.2, -0.15) is 0 Å². The van der Waals surface area contributed by atoms with Crippen LogP contribution in [0.5, 0.6) is 0 Å². The van der Waals surface area contributed by atoms with Gasteiger partial charge in [0.15, 0.2) is 0 Å². The number of nitrogens with zero attached hydrogens (tertiary/aromatic N) is 1. The van der Waals surface area contributed by atoms with Crippen molar-refractivity contribution >= 4 is 0 Å². The highest BCUT2D eigenvalue weighted by atomic mass is 16.3. The van der Waals surface area contributed by atoms with Crippen molar-refractivity contribution in [3.8, 4) is 0 Å². The molecule has 0 aromatic heterocycles. The topological polar surface area (TPSA) is 35.5 Å². The first kappa shape index (κ1) is 11.0. The van der Waals surface area contributed by atoms with E-state index in [0.29, 0.717) is 0 Å². The first-order valence-corrected chi connectivity index (χ1v) is 5.36. The van der Waals surface area contributed by atoms with Gasteiger partial charge in [0.2, 0.25) is 0 Å². The second-order valence-electron chi connectivity index (χ2n) is 3.89. The Bertz CT molecular complexity index is 124. The van der Waals surface area contributed by atoms with Crippen LogP contribution >= 0.6 is 0 Å². The minimum atomic E-state index is 0.243. The molecule has 0 amide bonds. The van der Waals surface area contributed by atoms with Gasteiger partial charge in [-0.05, 0) is 19.9 Å². The van der Waals surface area contributed by atoms with E-state index in [4.69, 9.17) is 5.11 Å². The molecular weight excluding hydrogens is 164 g/mol. The Morgan fingerprint density at radius 2 is 2.00 bits per heavy atom. The molecule has 1 fully saturated rings. The van der Waals surface area contributed by atoms with E-state index in [1.807, 2.05) is 0 Å². The molecule has 0 bridgehead atoms. The fraction of sp³-hybridized carbons (Fsp3) is 1.00. The van der Waals surface area contributed by atoms with E-state index in [1.165, 1.54) is 25.7 Å². The predicted octanol–water partition coefficient (Wildman–Crippen LogP) is 0.443. The third-order valence-electron chi connectivity index (χ3n) is 2.88. The Hall–Kier alpha value is -0.120. The third-order valence-corrected chi connectivity index (χ3v) is 2.88. The summed E-state index contributed by atoms with van der Waals surface area (Å²) in [5.41, 5.74) is 0. The van der Waals surface area contributed by atoms with Gasteiger partial charge in [-0.1, -0.05) is 12.8 Å². The second-order valence-corrected chi connectivity index (χ2v) is 3.89. The fourth-order valence-corrected chi connectivity index (χ4v) is 1.99. The number of aliphatic hydroxyl groups is 1. The van der Waals surface area contributed by atoms with E-state index in [0.717, 1.165) is 25.7 Å². The van der Waals surface area contributed by atoms with Crippen molar-refractivity contribution in [3.05, 3.63) is 0 Å². The van der Waals surface area contributed by atoms with Crippen LogP contribution in [0.15, 0.2) is 0 Å². The summed E-state index contributed by atoms with van der Waals surface area (Å²) < 4.78 is 0. The summed E-state index contributed by atoms with van der Waals surface area (Å²) in [4.78, 5) is 2.44. The number of hydrogen-bond acceptors (Lipinski definition) is 3. The van der Waals surface area contributed by atoms with Crippen molar-refractivity contribution in [2.45, 2.75) is 31.7 Å². The summed E-state index contributed by atoms with van der Waals surface area (Å²) >= 11 is 0. The standard InChI is InChI=1S/C10H22N2O/c1-12(8-6-11-7-9-13)10-4-2-3-5-10/h10-11,13H,2-9H2,1H3. The molecule has 0 unspecified atom stereocenters. The van der Waals surface area contributed by atoms with Gasteiger partial charge in [0.25, 0.3) is 0 Å². The maximum Gasteiger partial charge on any atom is 0.0555 e. The molecule has 0 saturated heterocycles. The highest BCUT2D eigenvalue weighted by Crippen LogP contribution is 2.21. The average molecular weight is 186 g/mol. The van der Waals surface area contributed by atoms with Crippen LogP contribution in [0.1, 0.15) is 25.7 Å². The van der Waals surface area contributed by atoms with Crippen molar-refractivity contribution in [3.63, 3.8) is 0 Å². The lowest BCUT2D eigenvalue weighted by Gasteiger charge is -2.23. The lowest BCUT2D eigenvalue weighted by Crippen LogP contribution is -2.36. The SMILES string of the molecule is CN(CCNCCO)C1CCCC1. The Morgan fingerprint density at radius 1 is 1.31 bits per heavy atom. The Kier molecular flexibility index (Phi) is 5.35. The van der Waals surface area contributed by atoms with Crippen LogP contribution < -0.4 is 5.32 Å².